The molecule has 25 heavy (non-hydrogen) atoms. The summed E-state index contributed by atoms with van der Waals surface area (Å²) in [4.78, 5) is 2.35. The van der Waals surface area contributed by atoms with Crippen molar-refractivity contribution in [1.29, 1.82) is 0 Å². The van der Waals surface area contributed by atoms with Crippen molar-refractivity contribution in [3.8, 4) is 0 Å². The third kappa shape index (κ3) is 4.61. The highest BCUT2D eigenvalue weighted by atomic mass is 15.3. The Morgan fingerprint density at radius 1 is 0.720 bits per heavy atom. The third-order valence-electron chi connectivity index (χ3n) is 4.06. The average molecular weight is 331 g/mol. The molecule has 3 rings (SSSR count). The summed E-state index contributed by atoms with van der Waals surface area (Å²) in [5.74, 6) is 0. The topological polar surface area (TPSA) is 27.3 Å². The molecule has 3 heteroatoms. The molecule has 0 amide bonds. The van der Waals surface area contributed by atoms with E-state index in [1.807, 2.05) is 30.3 Å². The lowest BCUT2D eigenvalue weighted by molar-refractivity contribution is 0.784. The van der Waals surface area contributed by atoms with Crippen molar-refractivity contribution >= 4 is 17.1 Å². The first-order valence-corrected chi connectivity index (χ1v) is 8.71. The highest BCUT2D eigenvalue weighted by Gasteiger charge is 2.12. The van der Waals surface area contributed by atoms with E-state index in [1.54, 1.807) is 0 Å². The van der Waals surface area contributed by atoms with Crippen LogP contribution in [0.2, 0.25) is 0 Å². The second kappa shape index (κ2) is 8.36. The van der Waals surface area contributed by atoms with Gasteiger partial charge in [0.1, 0.15) is 0 Å². The molecule has 0 atom stereocenters. The molecule has 0 radical (unpaired) electrons. The highest BCUT2D eigenvalue weighted by molar-refractivity contribution is 5.64. The molecule has 0 spiro atoms. The van der Waals surface area contributed by atoms with Gasteiger partial charge < -0.3 is 10.3 Å². The van der Waals surface area contributed by atoms with Crippen LogP contribution < -0.4 is 15.8 Å². The van der Waals surface area contributed by atoms with Gasteiger partial charge in [-0.2, -0.15) is 0 Å². The van der Waals surface area contributed by atoms with Gasteiger partial charge in [-0.05, 0) is 55.8 Å². The van der Waals surface area contributed by atoms with Gasteiger partial charge in [-0.3, -0.25) is 0 Å². The first kappa shape index (κ1) is 17.1. The molecule has 0 bridgehead atoms. The van der Waals surface area contributed by atoms with Gasteiger partial charge >= 0.3 is 0 Å². The number of nitrogens with zero attached hydrogens (tertiary/aromatic N) is 1. The molecule has 0 fully saturated rings. The van der Waals surface area contributed by atoms with E-state index in [0.717, 1.165) is 12.2 Å². The Labute approximate surface area is 150 Å². The Kier molecular flexibility index (Phi) is 5.70. The van der Waals surface area contributed by atoms with Crippen LogP contribution in [-0.2, 0) is 6.54 Å². The van der Waals surface area contributed by atoms with Crippen molar-refractivity contribution in [2.45, 2.75) is 26.4 Å². The molecule has 3 aromatic carbocycles. The summed E-state index contributed by atoms with van der Waals surface area (Å²) in [6, 6.07) is 29.8. The Morgan fingerprint density at radius 2 is 1.28 bits per heavy atom. The number of para-hydroxylation sites is 2. The van der Waals surface area contributed by atoms with Crippen LogP contribution in [0, 0.1) is 0 Å². The molecule has 128 valence electrons. The summed E-state index contributed by atoms with van der Waals surface area (Å²) in [6.07, 6.45) is 0. The number of benzene rings is 3. The summed E-state index contributed by atoms with van der Waals surface area (Å²) in [6.45, 7) is 5.20. The average Bonchev–Trinajstić information content (AvgIpc) is 2.65. The van der Waals surface area contributed by atoms with E-state index in [4.69, 9.17) is 0 Å². The Balaban J connectivity index is 1.64. The van der Waals surface area contributed by atoms with Gasteiger partial charge in [-0.25, -0.2) is 5.43 Å². The molecule has 3 nitrogen and oxygen atoms in total. The lowest BCUT2D eigenvalue weighted by Crippen LogP contribution is -2.25. The van der Waals surface area contributed by atoms with Crippen LogP contribution in [0.4, 0.5) is 17.1 Å². The van der Waals surface area contributed by atoms with Crippen LogP contribution in [0.3, 0.4) is 0 Å². The van der Waals surface area contributed by atoms with E-state index in [2.05, 4.69) is 84.2 Å². The predicted octanol–water partition coefficient (Wildman–Crippen LogP) is 5.35. The normalized spacial score (nSPS) is 10.7. The molecule has 2 N–H and O–H groups in total. The fourth-order valence-corrected chi connectivity index (χ4v) is 2.88. The van der Waals surface area contributed by atoms with Gasteiger partial charge in [-0.15, -0.1) is 0 Å². The summed E-state index contributed by atoms with van der Waals surface area (Å²) < 4.78 is 0. The smallest absolute Gasteiger partial charge is 0.0487 e. The molecule has 0 unspecified atom stereocenters. The van der Waals surface area contributed by atoms with Crippen LogP contribution >= 0.6 is 0 Å². The van der Waals surface area contributed by atoms with Crippen molar-refractivity contribution in [2.75, 3.05) is 10.3 Å². The molecule has 0 heterocycles. The number of hydrogen-bond donors (Lipinski definition) is 2. The molecule has 0 saturated carbocycles. The second-order valence-corrected chi connectivity index (χ2v) is 6.31. The molecular weight excluding hydrogens is 306 g/mol. The zero-order valence-corrected chi connectivity index (χ0v) is 14.8. The SMILES string of the molecule is CC(C)N(c1ccccc1)c1ccc(CNNc2ccccc2)cc1. The van der Waals surface area contributed by atoms with Crippen LogP contribution in [0.1, 0.15) is 19.4 Å². The van der Waals surface area contributed by atoms with Gasteiger partial charge in [0.05, 0.1) is 0 Å². The van der Waals surface area contributed by atoms with Crippen LogP contribution in [-0.4, -0.2) is 6.04 Å². The summed E-state index contributed by atoms with van der Waals surface area (Å²) in [5.41, 5.74) is 11.2. The summed E-state index contributed by atoms with van der Waals surface area (Å²) in [7, 11) is 0. The third-order valence-corrected chi connectivity index (χ3v) is 4.06. The zero-order chi connectivity index (χ0) is 17.5. The minimum atomic E-state index is 0.395. The van der Waals surface area contributed by atoms with Gasteiger partial charge in [0.2, 0.25) is 0 Å². The lowest BCUT2D eigenvalue weighted by atomic mass is 10.1. The minimum absolute atomic E-state index is 0.395. The number of rotatable bonds is 7. The molecule has 0 saturated heterocycles. The molecular formula is C22H25N3. The monoisotopic (exact) mass is 331 g/mol. The maximum atomic E-state index is 3.26. The fourth-order valence-electron chi connectivity index (χ4n) is 2.88. The zero-order valence-electron chi connectivity index (χ0n) is 14.8. The first-order valence-electron chi connectivity index (χ1n) is 8.71. The van der Waals surface area contributed by atoms with Gasteiger partial charge in [0.25, 0.3) is 0 Å². The lowest BCUT2D eigenvalue weighted by Gasteiger charge is -2.29. The van der Waals surface area contributed by atoms with E-state index in [9.17, 15) is 0 Å². The number of hydrazine groups is 1. The number of anilines is 3. The highest BCUT2D eigenvalue weighted by Crippen LogP contribution is 2.27. The Morgan fingerprint density at radius 3 is 1.88 bits per heavy atom. The maximum Gasteiger partial charge on any atom is 0.0487 e. The standard InChI is InChI=1S/C22H25N3/c1-18(2)25(21-11-7-4-8-12-21)22-15-13-19(14-16-22)17-23-24-20-9-5-3-6-10-20/h3-16,18,23-24H,17H2,1-2H3. The Bertz CT molecular complexity index is 752. The van der Waals surface area contributed by atoms with Crippen molar-refractivity contribution in [3.63, 3.8) is 0 Å². The quantitative estimate of drug-likeness (QED) is 0.571. The van der Waals surface area contributed by atoms with Gasteiger partial charge in [-0.1, -0.05) is 48.5 Å². The van der Waals surface area contributed by atoms with Crippen LogP contribution in [0.5, 0.6) is 0 Å². The predicted molar refractivity (Wildman–Crippen MR) is 107 cm³/mol. The van der Waals surface area contributed by atoms with Gasteiger partial charge in [0.15, 0.2) is 0 Å². The fraction of sp³-hybridized carbons (Fsp3) is 0.182. The van der Waals surface area contributed by atoms with E-state index < -0.39 is 0 Å². The van der Waals surface area contributed by atoms with Crippen LogP contribution in [0.15, 0.2) is 84.9 Å². The van der Waals surface area contributed by atoms with Crippen LogP contribution in [0.25, 0.3) is 0 Å². The summed E-state index contributed by atoms with van der Waals surface area (Å²) >= 11 is 0. The van der Waals surface area contributed by atoms with E-state index in [1.165, 1.54) is 16.9 Å². The summed E-state index contributed by atoms with van der Waals surface area (Å²) in [5, 5.41) is 0. The van der Waals surface area contributed by atoms with Crippen molar-refractivity contribution < 1.29 is 0 Å². The van der Waals surface area contributed by atoms with E-state index >= 15 is 0 Å². The molecule has 0 aliphatic carbocycles. The van der Waals surface area contributed by atoms with Crippen molar-refractivity contribution in [1.82, 2.24) is 5.43 Å². The number of nitrogens with one attached hydrogen (secondary N) is 2. The van der Waals surface area contributed by atoms with Crippen molar-refractivity contribution in [3.05, 3.63) is 90.5 Å². The van der Waals surface area contributed by atoms with Crippen molar-refractivity contribution in [2.24, 2.45) is 0 Å². The Hall–Kier alpha value is -2.78. The van der Waals surface area contributed by atoms with Gasteiger partial charge in [0, 0.05) is 29.6 Å². The maximum absolute atomic E-state index is 3.26. The minimum Gasteiger partial charge on any atom is -0.339 e. The van der Waals surface area contributed by atoms with E-state index in [-0.39, 0.29) is 0 Å². The largest absolute Gasteiger partial charge is 0.339 e. The molecule has 0 aromatic heterocycles. The molecule has 0 aliphatic heterocycles. The van der Waals surface area contributed by atoms with E-state index in [0.29, 0.717) is 6.04 Å². The molecule has 0 aliphatic rings. The first-order chi connectivity index (χ1) is 12.2. The molecule has 3 aromatic rings. The second-order valence-electron chi connectivity index (χ2n) is 6.31. The number of hydrogen-bond acceptors (Lipinski definition) is 3.